The molecule has 2 aromatic carbocycles. The van der Waals surface area contributed by atoms with Crippen LogP contribution < -0.4 is 5.32 Å². The summed E-state index contributed by atoms with van der Waals surface area (Å²) in [5, 5.41) is 11.5. The van der Waals surface area contributed by atoms with Gasteiger partial charge in [-0.15, -0.1) is 0 Å². The zero-order chi connectivity index (χ0) is 16.3. The smallest absolute Gasteiger partial charge is 0.407 e. The molecule has 2 aromatic rings. The van der Waals surface area contributed by atoms with E-state index >= 15 is 0 Å². The van der Waals surface area contributed by atoms with Crippen LogP contribution in [0.5, 0.6) is 0 Å². The van der Waals surface area contributed by atoms with Gasteiger partial charge in [-0.05, 0) is 16.7 Å². The van der Waals surface area contributed by atoms with Gasteiger partial charge < -0.3 is 10.1 Å². The summed E-state index contributed by atoms with van der Waals surface area (Å²) in [7, 11) is 0. The zero-order valence-electron chi connectivity index (χ0n) is 12.7. The highest BCUT2D eigenvalue weighted by atomic mass is 16.5. The van der Waals surface area contributed by atoms with Crippen molar-refractivity contribution in [3.63, 3.8) is 0 Å². The van der Waals surface area contributed by atoms with Gasteiger partial charge in [0.2, 0.25) is 0 Å². The van der Waals surface area contributed by atoms with Crippen LogP contribution in [0, 0.1) is 11.3 Å². The Morgan fingerprint density at radius 2 is 1.87 bits per heavy atom. The number of benzene rings is 2. The Hall–Kier alpha value is -3.06. The highest BCUT2D eigenvalue weighted by molar-refractivity contribution is 5.67. The number of alkyl carbamates (subject to hydrolysis) is 1. The van der Waals surface area contributed by atoms with E-state index in [2.05, 4.69) is 11.4 Å². The van der Waals surface area contributed by atoms with Crippen LogP contribution in [-0.2, 0) is 17.8 Å². The fourth-order valence-corrected chi connectivity index (χ4v) is 2.05. The van der Waals surface area contributed by atoms with Crippen molar-refractivity contribution in [2.75, 3.05) is 6.54 Å². The Balaban J connectivity index is 1.76. The Morgan fingerprint density at radius 1 is 1.13 bits per heavy atom. The number of hydrogen-bond donors (Lipinski definition) is 1. The van der Waals surface area contributed by atoms with Crippen molar-refractivity contribution in [2.24, 2.45) is 0 Å². The maximum absolute atomic E-state index is 11.6. The van der Waals surface area contributed by atoms with Gasteiger partial charge in [-0.2, -0.15) is 5.26 Å². The molecule has 0 saturated heterocycles. The van der Waals surface area contributed by atoms with Gasteiger partial charge in [-0.25, -0.2) is 4.79 Å². The molecule has 0 unspecified atom stereocenters. The van der Waals surface area contributed by atoms with E-state index in [4.69, 9.17) is 10.00 Å². The quantitative estimate of drug-likeness (QED) is 0.885. The molecule has 2 rings (SSSR count). The third-order valence-corrected chi connectivity index (χ3v) is 3.20. The second-order valence-corrected chi connectivity index (χ2v) is 4.88. The first-order valence-corrected chi connectivity index (χ1v) is 7.35. The first-order chi connectivity index (χ1) is 11.3. The van der Waals surface area contributed by atoms with E-state index < -0.39 is 6.09 Å². The van der Waals surface area contributed by atoms with E-state index in [1.54, 1.807) is 0 Å². The molecule has 0 saturated carbocycles. The van der Waals surface area contributed by atoms with Crippen molar-refractivity contribution in [1.29, 1.82) is 5.26 Å². The van der Waals surface area contributed by atoms with Crippen molar-refractivity contribution >= 4 is 12.2 Å². The zero-order valence-corrected chi connectivity index (χ0v) is 12.7. The van der Waals surface area contributed by atoms with Crippen molar-refractivity contribution in [1.82, 2.24) is 5.32 Å². The molecule has 1 amide bonds. The first-order valence-electron chi connectivity index (χ1n) is 7.35. The van der Waals surface area contributed by atoms with Crippen molar-refractivity contribution < 1.29 is 9.53 Å². The van der Waals surface area contributed by atoms with Crippen molar-refractivity contribution in [2.45, 2.75) is 13.0 Å². The molecule has 1 N–H and O–H groups in total. The number of rotatable bonds is 6. The molecule has 0 radical (unpaired) electrons. The number of nitrogens with one attached hydrogen (secondary N) is 1. The van der Waals surface area contributed by atoms with Crippen molar-refractivity contribution in [3.05, 3.63) is 77.4 Å². The lowest BCUT2D eigenvalue weighted by molar-refractivity contribution is 0.141. The van der Waals surface area contributed by atoms with E-state index in [1.807, 2.05) is 66.7 Å². The van der Waals surface area contributed by atoms with Crippen LogP contribution in [0.1, 0.15) is 16.7 Å². The molecule has 0 atom stereocenters. The second-order valence-electron chi connectivity index (χ2n) is 4.88. The summed E-state index contributed by atoms with van der Waals surface area (Å²) in [5.41, 5.74) is 2.90. The van der Waals surface area contributed by atoms with E-state index in [1.165, 1.54) is 0 Å². The summed E-state index contributed by atoms with van der Waals surface area (Å²) in [4.78, 5) is 11.6. The van der Waals surface area contributed by atoms with E-state index in [9.17, 15) is 4.79 Å². The summed E-state index contributed by atoms with van der Waals surface area (Å²) in [6.45, 7) is 0.621. The number of hydrogen-bond acceptors (Lipinski definition) is 3. The first kappa shape index (κ1) is 16.3. The number of carbonyl (C=O) groups excluding carboxylic acids is 1. The fraction of sp³-hybridized carbons (Fsp3) is 0.158. The molecule has 0 aromatic heterocycles. The predicted octanol–water partition coefficient (Wildman–Crippen LogP) is 3.69. The SMILES string of the molecule is N#CCc1ccccc1C=CCNC(=O)OCc1ccccc1. The molecule has 0 bridgehead atoms. The largest absolute Gasteiger partial charge is 0.445 e. The van der Waals surface area contributed by atoms with Gasteiger partial charge in [0.1, 0.15) is 6.61 Å². The molecule has 0 aliphatic rings. The lowest BCUT2D eigenvalue weighted by Crippen LogP contribution is -2.24. The summed E-state index contributed by atoms with van der Waals surface area (Å²) >= 11 is 0. The molecule has 0 aliphatic carbocycles. The molecular formula is C19H18N2O2. The molecule has 0 aliphatic heterocycles. The topological polar surface area (TPSA) is 62.1 Å². The normalized spacial score (nSPS) is 10.2. The van der Waals surface area contributed by atoms with Gasteiger partial charge in [-0.1, -0.05) is 66.7 Å². The number of ether oxygens (including phenoxy) is 1. The minimum atomic E-state index is -0.455. The lowest BCUT2D eigenvalue weighted by Gasteiger charge is -2.05. The number of carbonyl (C=O) groups is 1. The Labute approximate surface area is 136 Å². The van der Waals surface area contributed by atoms with Gasteiger partial charge in [0.15, 0.2) is 0 Å². The summed E-state index contributed by atoms with van der Waals surface area (Å²) in [5.74, 6) is 0. The van der Waals surface area contributed by atoms with Gasteiger partial charge in [0.25, 0.3) is 0 Å². The van der Waals surface area contributed by atoms with Gasteiger partial charge in [-0.3, -0.25) is 0 Å². The maximum Gasteiger partial charge on any atom is 0.407 e. The molecule has 116 valence electrons. The van der Waals surface area contributed by atoms with Crippen LogP contribution in [0.2, 0.25) is 0 Å². The van der Waals surface area contributed by atoms with Crippen LogP contribution in [-0.4, -0.2) is 12.6 Å². The lowest BCUT2D eigenvalue weighted by atomic mass is 10.0. The van der Waals surface area contributed by atoms with Gasteiger partial charge in [0.05, 0.1) is 12.5 Å². The van der Waals surface area contributed by atoms with E-state index in [-0.39, 0.29) is 6.61 Å². The fourth-order valence-electron chi connectivity index (χ4n) is 2.05. The third-order valence-electron chi connectivity index (χ3n) is 3.20. The monoisotopic (exact) mass is 306 g/mol. The van der Waals surface area contributed by atoms with Crippen molar-refractivity contribution in [3.8, 4) is 6.07 Å². The maximum atomic E-state index is 11.6. The summed E-state index contributed by atoms with van der Waals surface area (Å²) in [6.07, 6.45) is 3.64. The Morgan fingerprint density at radius 3 is 2.65 bits per heavy atom. The molecule has 0 fully saturated rings. The van der Waals surface area contributed by atoms with Crippen LogP contribution in [0.4, 0.5) is 4.79 Å². The Bertz CT molecular complexity index is 703. The number of amides is 1. The number of nitrogens with zero attached hydrogens (tertiary/aromatic N) is 1. The Kier molecular flexibility index (Phi) is 6.43. The standard InChI is InChI=1S/C19H18N2O2/c20-13-12-18-10-5-4-9-17(18)11-6-14-21-19(22)23-15-16-7-2-1-3-8-16/h1-11H,12,14-15H2,(H,21,22). The molecule has 23 heavy (non-hydrogen) atoms. The highest BCUT2D eigenvalue weighted by Crippen LogP contribution is 2.10. The van der Waals surface area contributed by atoms with Crippen LogP contribution in [0.25, 0.3) is 6.08 Å². The molecule has 0 spiro atoms. The van der Waals surface area contributed by atoms with Gasteiger partial charge >= 0.3 is 6.09 Å². The number of nitriles is 1. The van der Waals surface area contributed by atoms with E-state index in [0.717, 1.165) is 16.7 Å². The highest BCUT2D eigenvalue weighted by Gasteiger charge is 2.01. The minimum Gasteiger partial charge on any atom is -0.445 e. The average molecular weight is 306 g/mol. The molecular weight excluding hydrogens is 288 g/mol. The molecule has 4 heteroatoms. The third kappa shape index (κ3) is 5.68. The van der Waals surface area contributed by atoms with Gasteiger partial charge in [0, 0.05) is 6.54 Å². The average Bonchev–Trinajstić information content (AvgIpc) is 2.59. The summed E-state index contributed by atoms with van der Waals surface area (Å²) < 4.78 is 5.12. The molecule has 4 nitrogen and oxygen atoms in total. The second kappa shape index (κ2) is 9.06. The minimum absolute atomic E-state index is 0.251. The van der Waals surface area contributed by atoms with Crippen LogP contribution >= 0.6 is 0 Å². The van der Waals surface area contributed by atoms with Crippen LogP contribution in [0.15, 0.2) is 60.7 Å². The molecule has 0 heterocycles. The predicted molar refractivity (Wildman–Crippen MR) is 89.4 cm³/mol. The van der Waals surface area contributed by atoms with E-state index in [0.29, 0.717) is 13.0 Å². The summed E-state index contributed by atoms with van der Waals surface area (Å²) in [6, 6.07) is 19.3. The van der Waals surface area contributed by atoms with Crippen LogP contribution in [0.3, 0.4) is 0 Å².